The van der Waals surface area contributed by atoms with E-state index in [-0.39, 0.29) is 11.0 Å². The summed E-state index contributed by atoms with van der Waals surface area (Å²) in [5, 5.41) is 6.00. The largest absolute Gasteiger partial charge is 0.494 e. The third-order valence-electron chi connectivity index (χ3n) is 5.01. The number of unbranched alkanes of at least 4 members (excludes halogenated alkanes) is 1. The van der Waals surface area contributed by atoms with E-state index in [1.165, 1.54) is 0 Å². The number of carbonyl (C=O) groups excluding carboxylic acids is 1. The quantitative estimate of drug-likeness (QED) is 0.278. The lowest BCUT2D eigenvalue weighted by Gasteiger charge is -2.13. The van der Waals surface area contributed by atoms with Crippen LogP contribution in [0.1, 0.15) is 35.7 Å². The molecule has 0 aliphatic heterocycles. The molecule has 2 heterocycles. The first-order valence-electron chi connectivity index (χ1n) is 10.7. The Bertz CT molecular complexity index is 1250. The van der Waals surface area contributed by atoms with Crippen LogP contribution in [-0.2, 0) is 0 Å². The lowest BCUT2D eigenvalue weighted by molar-refractivity contribution is 0.0977. The highest BCUT2D eigenvalue weighted by atomic mass is 32.1. The van der Waals surface area contributed by atoms with Gasteiger partial charge in [-0.2, -0.15) is 4.98 Å². The monoisotopic (exact) mass is 460 g/mol. The molecule has 2 aromatic carbocycles. The molecule has 0 fully saturated rings. The highest BCUT2D eigenvalue weighted by Crippen LogP contribution is 2.27. The van der Waals surface area contributed by atoms with Crippen molar-refractivity contribution in [3.63, 3.8) is 0 Å². The Balaban J connectivity index is 1.41. The summed E-state index contributed by atoms with van der Waals surface area (Å²) in [6.45, 7) is 4.72. The molecule has 1 amide bonds. The summed E-state index contributed by atoms with van der Waals surface area (Å²) < 4.78 is 11.4. The number of pyridine rings is 1. The minimum atomic E-state index is -0.300. The first kappa shape index (κ1) is 22.4. The molecule has 0 bridgehead atoms. The zero-order valence-corrected chi connectivity index (χ0v) is 19.2. The van der Waals surface area contributed by atoms with Crippen molar-refractivity contribution >= 4 is 40.2 Å². The van der Waals surface area contributed by atoms with E-state index in [9.17, 15) is 4.79 Å². The van der Waals surface area contributed by atoms with Crippen LogP contribution >= 0.6 is 12.2 Å². The van der Waals surface area contributed by atoms with E-state index >= 15 is 0 Å². The molecule has 0 saturated heterocycles. The van der Waals surface area contributed by atoms with Crippen LogP contribution in [0.2, 0.25) is 0 Å². The van der Waals surface area contributed by atoms with Gasteiger partial charge in [0.05, 0.1) is 6.61 Å². The van der Waals surface area contributed by atoms with Crippen molar-refractivity contribution in [2.75, 3.05) is 11.9 Å². The second kappa shape index (κ2) is 10.2. The molecule has 0 spiro atoms. The molecule has 0 unspecified atom stereocenters. The van der Waals surface area contributed by atoms with Crippen molar-refractivity contribution in [1.29, 1.82) is 0 Å². The highest BCUT2D eigenvalue weighted by molar-refractivity contribution is 7.80. The predicted molar refractivity (Wildman–Crippen MR) is 133 cm³/mol. The average molecular weight is 461 g/mol. The standard InChI is InChI=1S/C25H24N4O3S/c1-3-4-14-31-19-11-9-17(10-12-19)23(30)29-25(33)27-20-15-18(8-7-16(20)2)24-28-22-21(32-24)6-5-13-26-22/h5-13,15H,3-4,14H2,1-2H3,(H2,27,29,30,33). The maximum atomic E-state index is 12.6. The van der Waals surface area contributed by atoms with Gasteiger partial charge in [-0.1, -0.05) is 19.4 Å². The Kier molecular flexibility index (Phi) is 6.95. The number of hydrogen-bond donors (Lipinski definition) is 2. The van der Waals surface area contributed by atoms with Gasteiger partial charge in [-0.05, 0) is 79.7 Å². The maximum Gasteiger partial charge on any atom is 0.257 e. The second-order valence-electron chi connectivity index (χ2n) is 7.51. The number of rotatable bonds is 7. The lowest BCUT2D eigenvalue weighted by Crippen LogP contribution is -2.34. The normalized spacial score (nSPS) is 10.7. The third kappa shape index (κ3) is 5.53. The minimum absolute atomic E-state index is 0.197. The number of carbonyl (C=O) groups is 1. The van der Waals surface area contributed by atoms with Gasteiger partial charge in [0.2, 0.25) is 5.89 Å². The number of thiocarbonyl (C=S) groups is 1. The van der Waals surface area contributed by atoms with Gasteiger partial charge in [0.25, 0.3) is 5.91 Å². The molecule has 2 N–H and O–H groups in total. The summed E-state index contributed by atoms with van der Waals surface area (Å²) in [6.07, 6.45) is 3.73. The molecule has 0 radical (unpaired) electrons. The first-order valence-corrected chi connectivity index (χ1v) is 11.1. The summed E-state index contributed by atoms with van der Waals surface area (Å²) in [5.74, 6) is 0.900. The highest BCUT2D eigenvalue weighted by Gasteiger charge is 2.13. The molecule has 33 heavy (non-hydrogen) atoms. The molecule has 0 saturated carbocycles. The fourth-order valence-corrected chi connectivity index (χ4v) is 3.35. The van der Waals surface area contributed by atoms with Crippen LogP contribution < -0.4 is 15.4 Å². The van der Waals surface area contributed by atoms with Gasteiger partial charge >= 0.3 is 0 Å². The van der Waals surface area contributed by atoms with Crippen LogP contribution in [0.25, 0.3) is 22.7 Å². The Hall–Kier alpha value is -3.78. The molecular formula is C25H24N4O3S. The molecule has 7 nitrogen and oxygen atoms in total. The zero-order valence-electron chi connectivity index (χ0n) is 18.4. The fourth-order valence-electron chi connectivity index (χ4n) is 3.15. The molecule has 4 aromatic rings. The number of benzene rings is 2. The molecule has 0 atom stereocenters. The van der Waals surface area contributed by atoms with Crippen LogP contribution in [0.4, 0.5) is 5.69 Å². The van der Waals surface area contributed by atoms with Crippen molar-refractivity contribution in [3.8, 4) is 17.2 Å². The van der Waals surface area contributed by atoms with E-state index in [0.717, 1.165) is 35.4 Å². The average Bonchev–Trinajstić information content (AvgIpc) is 3.25. The maximum absolute atomic E-state index is 12.6. The number of fused-ring (bicyclic) bond motifs is 1. The molecule has 0 aliphatic rings. The van der Waals surface area contributed by atoms with E-state index in [1.54, 1.807) is 36.5 Å². The minimum Gasteiger partial charge on any atom is -0.494 e. The van der Waals surface area contributed by atoms with Gasteiger partial charge < -0.3 is 14.5 Å². The van der Waals surface area contributed by atoms with Crippen molar-refractivity contribution < 1.29 is 13.9 Å². The van der Waals surface area contributed by atoms with Crippen molar-refractivity contribution in [2.45, 2.75) is 26.7 Å². The second-order valence-corrected chi connectivity index (χ2v) is 7.92. The summed E-state index contributed by atoms with van der Waals surface area (Å²) >= 11 is 5.36. The number of hydrogen-bond acceptors (Lipinski definition) is 6. The van der Waals surface area contributed by atoms with E-state index in [1.807, 2.05) is 31.2 Å². The van der Waals surface area contributed by atoms with Crippen LogP contribution in [0.15, 0.2) is 65.2 Å². The van der Waals surface area contributed by atoms with E-state index in [4.69, 9.17) is 21.4 Å². The number of anilines is 1. The Morgan fingerprint density at radius 3 is 2.73 bits per heavy atom. The van der Waals surface area contributed by atoms with Crippen molar-refractivity contribution in [2.24, 2.45) is 0 Å². The van der Waals surface area contributed by atoms with Crippen molar-refractivity contribution in [1.82, 2.24) is 15.3 Å². The predicted octanol–water partition coefficient (Wildman–Crippen LogP) is 5.50. The molecule has 8 heteroatoms. The van der Waals surface area contributed by atoms with E-state index in [2.05, 4.69) is 27.5 Å². The number of oxazole rings is 1. The fraction of sp³-hybridized carbons (Fsp3) is 0.200. The van der Waals surface area contributed by atoms with Crippen LogP contribution in [0.3, 0.4) is 0 Å². The third-order valence-corrected chi connectivity index (χ3v) is 5.21. The summed E-state index contributed by atoms with van der Waals surface area (Å²) in [4.78, 5) is 21.2. The van der Waals surface area contributed by atoms with Gasteiger partial charge in [-0.15, -0.1) is 0 Å². The first-order chi connectivity index (χ1) is 16.0. The number of nitrogens with one attached hydrogen (secondary N) is 2. The number of amides is 1. The van der Waals surface area contributed by atoms with Gasteiger partial charge in [0.1, 0.15) is 5.75 Å². The summed E-state index contributed by atoms with van der Waals surface area (Å²) in [7, 11) is 0. The number of aromatic nitrogens is 2. The Morgan fingerprint density at radius 2 is 1.97 bits per heavy atom. The molecule has 168 valence electrons. The smallest absolute Gasteiger partial charge is 0.257 e. The van der Waals surface area contributed by atoms with Crippen LogP contribution in [0.5, 0.6) is 5.75 Å². The topological polar surface area (TPSA) is 89.3 Å². The van der Waals surface area contributed by atoms with Gasteiger partial charge in [-0.3, -0.25) is 10.1 Å². The summed E-state index contributed by atoms with van der Waals surface area (Å²) in [6, 6.07) is 16.3. The number of nitrogens with zero attached hydrogens (tertiary/aromatic N) is 2. The van der Waals surface area contributed by atoms with Crippen LogP contribution in [0, 0.1) is 6.92 Å². The molecule has 2 aromatic heterocycles. The lowest BCUT2D eigenvalue weighted by atomic mass is 10.1. The van der Waals surface area contributed by atoms with Crippen molar-refractivity contribution in [3.05, 3.63) is 71.9 Å². The van der Waals surface area contributed by atoms with E-state index < -0.39 is 0 Å². The zero-order chi connectivity index (χ0) is 23.2. The SMILES string of the molecule is CCCCOc1ccc(C(=O)NC(=S)Nc2cc(-c3nc4ncccc4o3)ccc2C)cc1. The number of ether oxygens (including phenoxy) is 1. The molecule has 0 aliphatic carbocycles. The molecular weight excluding hydrogens is 436 g/mol. The van der Waals surface area contributed by atoms with Gasteiger partial charge in [-0.25, -0.2) is 4.98 Å². The number of aryl methyl sites for hydroxylation is 1. The van der Waals surface area contributed by atoms with Gasteiger partial charge in [0.15, 0.2) is 16.3 Å². The Morgan fingerprint density at radius 1 is 1.15 bits per heavy atom. The van der Waals surface area contributed by atoms with Gasteiger partial charge in [0, 0.05) is 23.0 Å². The molecule has 4 rings (SSSR count). The summed E-state index contributed by atoms with van der Waals surface area (Å²) in [5.41, 5.74) is 4.13. The van der Waals surface area contributed by atoms with Crippen LogP contribution in [-0.4, -0.2) is 27.6 Å². The Labute approximate surface area is 197 Å². The van der Waals surface area contributed by atoms with E-state index in [0.29, 0.717) is 29.3 Å².